The molecule has 1 N–H and O–H groups in total. The maximum Gasteiger partial charge on any atom is 0.226 e. The van der Waals surface area contributed by atoms with Crippen LogP contribution < -0.4 is 9.47 Å². The Bertz CT molecular complexity index is 807. The van der Waals surface area contributed by atoms with Crippen molar-refractivity contribution in [3.05, 3.63) is 53.6 Å². The molecular weight excluding hydrogens is 380 g/mol. The van der Waals surface area contributed by atoms with Crippen molar-refractivity contribution < 1.29 is 19.4 Å². The van der Waals surface area contributed by atoms with Crippen molar-refractivity contribution in [1.29, 1.82) is 0 Å². The highest BCUT2D eigenvalue weighted by atomic mass is 16.5. The van der Waals surface area contributed by atoms with Gasteiger partial charge in [-0.1, -0.05) is 30.3 Å². The zero-order valence-corrected chi connectivity index (χ0v) is 18.1. The monoisotopic (exact) mass is 412 g/mol. The van der Waals surface area contributed by atoms with Crippen LogP contribution in [0.15, 0.2) is 42.5 Å². The highest BCUT2D eigenvalue weighted by Crippen LogP contribution is 2.37. The van der Waals surface area contributed by atoms with Gasteiger partial charge in [-0.25, -0.2) is 0 Å². The Morgan fingerprint density at radius 3 is 2.20 bits per heavy atom. The van der Waals surface area contributed by atoms with Crippen molar-refractivity contribution in [2.24, 2.45) is 5.92 Å². The van der Waals surface area contributed by atoms with E-state index in [9.17, 15) is 9.90 Å². The summed E-state index contributed by atoms with van der Waals surface area (Å²) >= 11 is 0. The van der Waals surface area contributed by atoms with Gasteiger partial charge in [-0.15, -0.1) is 0 Å². The molecule has 1 aliphatic rings. The summed E-state index contributed by atoms with van der Waals surface area (Å²) in [5.74, 6) is 1.18. The van der Waals surface area contributed by atoms with Crippen molar-refractivity contribution in [2.45, 2.75) is 32.9 Å². The van der Waals surface area contributed by atoms with E-state index in [1.807, 2.05) is 42.2 Å². The van der Waals surface area contributed by atoms with Gasteiger partial charge >= 0.3 is 0 Å². The Morgan fingerprint density at radius 2 is 1.67 bits per heavy atom. The van der Waals surface area contributed by atoms with E-state index >= 15 is 0 Å². The predicted octanol–water partition coefficient (Wildman–Crippen LogP) is 3.67. The molecule has 1 fully saturated rings. The molecule has 0 unspecified atom stereocenters. The number of amides is 1. The molecule has 162 valence electrons. The lowest BCUT2D eigenvalue weighted by atomic mass is 9.94. The second-order valence-corrected chi connectivity index (χ2v) is 7.74. The minimum absolute atomic E-state index is 0.0196. The molecule has 30 heavy (non-hydrogen) atoms. The van der Waals surface area contributed by atoms with Crippen LogP contribution in [-0.2, 0) is 17.9 Å². The molecule has 3 rings (SSSR count). The quantitative estimate of drug-likeness (QED) is 0.717. The molecule has 0 saturated carbocycles. The van der Waals surface area contributed by atoms with Gasteiger partial charge in [0.25, 0.3) is 0 Å². The first-order chi connectivity index (χ1) is 14.5. The van der Waals surface area contributed by atoms with E-state index in [1.165, 1.54) is 19.8 Å². The summed E-state index contributed by atoms with van der Waals surface area (Å²) in [5.41, 5.74) is 2.19. The summed E-state index contributed by atoms with van der Waals surface area (Å²) < 4.78 is 10.5. The van der Waals surface area contributed by atoms with Crippen molar-refractivity contribution in [3.8, 4) is 17.2 Å². The van der Waals surface area contributed by atoms with Crippen LogP contribution in [0.1, 0.15) is 30.9 Å². The van der Waals surface area contributed by atoms with Crippen LogP contribution in [0.4, 0.5) is 0 Å². The average molecular weight is 413 g/mol. The summed E-state index contributed by atoms with van der Waals surface area (Å²) in [7, 11) is 3.06. The number of carbonyl (C=O) groups excluding carboxylic acids is 1. The first-order valence-corrected chi connectivity index (χ1v) is 10.5. The lowest BCUT2D eigenvalue weighted by Gasteiger charge is -2.34. The van der Waals surface area contributed by atoms with E-state index in [0.717, 1.165) is 44.6 Å². The number of aromatic hydroxyl groups is 1. The molecule has 2 aromatic carbocycles. The van der Waals surface area contributed by atoms with Crippen LogP contribution in [0.3, 0.4) is 0 Å². The number of benzene rings is 2. The SMILES string of the molecule is CCN(Cc1ccccc1)C(=O)C1CCN(Cc2cc(OC)c(O)c(OC)c2)CC1. The van der Waals surface area contributed by atoms with Gasteiger partial charge in [-0.05, 0) is 56.1 Å². The zero-order chi connectivity index (χ0) is 21.5. The normalized spacial score (nSPS) is 15.0. The second kappa shape index (κ2) is 10.3. The molecule has 1 saturated heterocycles. The van der Waals surface area contributed by atoms with E-state index in [0.29, 0.717) is 18.0 Å². The molecule has 6 nitrogen and oxygen atoms in total. The van der Waals surface area contributed by atoms with Crippen LogP contribution in [0.2, 0.25) is 0 Å². The van der Waals surface area contributed by atoms with Crippen LogP contribution in [0.25, 0.3) is 0 Å². The van der Waals surface area contributed by atoms with Gasteiger partial charge in [-0.3, -0.25) is 9.69 Å². The van der Waals surface area contributed by atoms with Crippen LogP contribution in [0.5, 0.6) is 17.2 Å². The number of hydrogen-bond acceptors (Lipinski definition) is 5. The van der Waals surface area contributed by atoms with E-state index in [2.05, 4.69) is 17.0 Å². The van der Waals surface area contributed by atoms with E-state index in [4.69, 9.17) is 9.47 Å². The molecule has 6 heteroatoms. The van der Waals surface area contributed by atoms with Gasteiger partial charge in [0.2, 0.25) is 11.7 Å². The van der Waals surface area contributed by atoms with E-state index in [-0.39, 0.29) is 17.6 Å². The third-order valence-electron chi connectivity index (χ3n) is 5.79. The van der Waals surface area contributed by atoms with Gasteiger partial charge in [0, 0.05) is 25.6 Å². The van der Waals surface area contributed by atoms with Gasteiger partial charge in [0.1, 0.15) is 0 Å². The van der Waals surface area contributed by atoms with Gasteiger partial charge in [-0.2, -0.15) is 0 Å². The van der Waals surface area contributed by atoms with Crippen molar-refractivity contribution in [3.63, 3.8) is 0 Å². The molecule has 2 aromatic rings. The number of carbonyl (C=O) groups is 1. The highest BCUT2D eigenvalue weighted by Gasteiger charge is 2.28. The second-order valence-electron chi connectivity index (χ2n) is 7.74. The lowest BCUT2D eigenvalue weighted by Crippen LogP contribution is -2.42. The third-order valence-corrected chi connectivity index (χ3v) is 5.79. The van der Waals surface area contributed by atoms with Gasteiger partial charge < -0.3 is 19.5 Å². The standard InChI is InChI=1S/C24H32N2O4/c1-4-26(17-18-8-6-5-7-9-18)24(28)20-10-12-25(13-11-20)16-19-14-21(29-2)23(27)22(15-19)30-3/h5-9,14-15,20,27H,4,10-13,16-17H2,1-3H3. The first-order valence-electron chi connectivity index (χ1n) is 10.5. The van der Waals surface area contributed by atoms with E-state index in [1.54, 1.807) is 0 Å². The Hall–Kier alpha value is -2.73. The van der Waals surface area contributed by atoms with Crippen molar-refractivity contribution in [2.75, 3.05) is 33.9 Å². The number of piperidine rings is 1. The minimum Gasteiger partial charge on any atom is -0.502 e. The number of phenolic OH excluding ortho intramolecular Hbond substituents is 1. The topological polar surface area (TPSA) is 62.2 Å². The Balaban J connectivity index is 1.57. The fourth-order valence-electron chi connectivity index (χ4n) is 4.04. The Morgan fingerprint density at radius 1 is 1.07 bits per heavy atom. The summed E-state index contributed by atoms with van der Waals surface area (Å²) in [5, 5.41) is 10.1. The number of rotatable bonds is 8. The number of phenols is 1. The number of ether oxygens (including phenoxy) is 2. The summed E-state index contributed by atoms with van der Waals surface area (Å²) in [6.07, 6.45) is 1.72. The molecular formula is C24H32N2O4. The molecule has 0 atom stereocenters. The Kier molecular flexibility index (Phi) is 7.57. The summed E-state index contributed by atoms with van der Waals surface area (Å²) in [6.45, 7) is 5.90. The molecule has 0 radical (unpaired) electrons. The maximum atomic E-state index is 13.0. The van der Waals surface area contributed by atoms with Gasteiger partial charge in [0.05, 0.1) is 14.2 Å². The molecule has 0 spiro atoms. The zero-order valence-electron chi connectivity index (χ0n) is 18.1. The smallest absolute Gasteiger partial charge is 0.226 e. The highest BCUT2D eigenvalue weighted by molar-refractivity contribution is 5.79. The van der Waals surface area contributed by atoms with Gasteiger partial charge in [0.15, 0.2) is 11.5 Å². The number of methoxy groups -OCH3 is 2. The number of hydrogen-bond donors (Lipinski definition) is 1. The third kappa shape index (κ3) is 5.25. The molecule has 0 aromatic heterocycles. The average Bonchev–Trinajstić information content (AvgIpc) is 2.79. The molecule has 0 bridgehead atoms. The minimum atomic E-state index is 0.0196. The first kappa shape index (κ1) is 22.0. The fourth-order valence-corrected chi connectivity index (χ4v) is 4.04. The summed E-state index contributed by atoms with van der Waals surface area (Å²) in [4.78, 5) is 17.3. The largest absolute Gasteiger partial charge is 0.502 e. The molecule has 1 amide bonds. The fraction of sp³-hybridized carbons (Fsp3) is 0.458. The van der Waals surface area contributed by atoms with Crippen LogP contribution in [0, 0.1) is 5.92 Å². The van der Waals surface area contributed by atoms with E-state index < -0.39 is 0 Å². The maximum absolute atomic E-state index is 13.0. The Labute approximate surface area is 179 Å². The van der Waals surface area contributed by atoms with Crippen molar-refractivity contribution in [1.82, 2.24) is 9.80 Å². The predicted molar refractivity (Wildman–Crippen MR) is 117 cm³/mol. The lowest BCUT2D eigenvalue weighted by molar-refractivity contribution is -0.137. The van der Waals surface area contributed by atoms with Crippen LogP contribution >= 0.6 is 0 Å². The van der Waals surface area contributed by atoms with Crippen molar-refractivity contribution >= 4 is 5.91 Å². The summed E-state index contributed by atoms with van der Waals surface area (Å²) in [6, 6.07) is 13.8. The number of nitrogens with zero attached hydrogens (tertiary/aromatic N) is 2. The molecule has 1 aliphatic heterocycles. The molecule has 1 heterocycles. The van der Waals surface area contributed by atoms with Crippen LogP contribution in [-0.4, -0.2) is 54.7 Å². The molecule has 0 aliphatic carbocycles. The number of likely N-dealkylation sites (tertiary alicyclic amines) is 1.